The van der Waals surface area contributed by atoms with Gasteiger partial charge in [-0.25, -0.2) is 0 Å². The van der Waals surface area contributed by atoms with Crippen molar-refractivity contribution in [3.8, 4) is 0 Å². The van der Waals surface area contributed by atoms with E-state index in [1.165, 1.54) is 5.56 Å². The van der Waals surface area contributed by atoms with Crippen LogP contribution in [0.5, 0.6) is 0 Å². The van der Waals surface area contributed by atoms with E-state index < -0.39 is 0 Å². The smallest absolute Gasteiger partial charge is 0.191 e. The average molecular weight is 377 g/mol. The lowest BCUT2D eigenvalue weighted by molar-refractivity contribution is 0.245. The standard InChI is InChI=1S/C22H40N4O/c1-5-23-22(25-17-21(12-15-27)16-19(2)3)24-13-9-14-26(4)18-20-10-7-6-8-11-20/h6-8,10-11,19,21,27H,5,9,12-18H2,1-4H3,(H2,23,24,25). The Balaban J connectivity index is 2.35. The molecule has 154 valence electrons. The Morgan fingerprint density at radius 3 is 2.56 bits per heavy atom. The Morgan fingerprint density at radius 1 is 1.19 bits per heavy atom. The van der Waals surface area contributed by atoms with Crippen LogP contribution >= 0.6 is 0 Å². The molecule has 3 N–H and O–H groups in total. The number of guanidine groups is 1. The molecule has 1 rings (SSSR count). The molecule has 0 radical (unpaired) electrons. The molecule has 0 spiro atoms. The summed E-state index contributed by atoms with van der Waals surface area (Å²) in [5, 5.41) is 16.0. The van der Waals surface area contributed by atoms with Crippen LogP contribution in [0.15, 0.2) is 35.3 Å². The van der Waals surface area contributed by atoms with Crippen LogP contribution in [0.2, 0.25) is 0 Å². The molecule has 5 nitrogen and oxygen atoms in total. The zero-order chi connectivity index (χ0) is 19.9. The Kier molecular flexibility index (Phi) is 12.6. The Morgan fingerprint density at radius 2 is 1.93 bits per heavy atom. The van der Waals surface area contributed by atoms with Gasteiger partial charge in [0.15, 0.2) is 5.96 Å². The largest absolute Gasteiger partial charge is 0.396 e. The third-order valence-corrected chi connectivity index (χ3v) is 4.50. The predicted octanol–water partition coefficient (Wildman–Crippen LogP) is 3.11. The molecule has 1 aromatic rings. The second kappa shape index (κ2) is 14.5. The van der Waals surface area contributed by atoms with Crippen LogP contribution in [0.4, 0.5) is 0 Å². The number of hydrogen-bond acceptors (Lipinski definition) is 3. The summed E-state index contributed by atoms with van der Waals surface area (Å²) in [7, 11) is 2.16. The molecule has 0 fully saturated rings. The minimum absolute atomic E-state index is 0.241. The molecule has 0 heterocycles. The van der Waals surface area contributed by atoms with Gasteiger partial charge in [0.1, 0.15) is 0 Å². The zero-order valence-electron chi connectivity index (χ0n) is 17.7. The van der Waals surface area contributed by atoms with E-state index >= 15 is 0 Å². The molecule has 27 heavy (non-hydrogen) atoms. The fourth-order valence-corrected chi connectivity index (χ4v) is 3.22. The molecule has 0 aliphatic carbocycles. The Bertz CT molecular complexity index is 504. The van der Waals surface area contributed by atoms with Crippen molar-refractivity contribution in [2.75, 3.05) is 39.8 Å². The van der Waals surface area contributed by atoms with Crippen molar-refractivity contribution in [2.24, 2.45) is 16.8 Å². The molecule has 1 aromatic carbocycles. The minimum Gasteiger partial charge on any atom is -0.396 e. The van der Waals surface area contributed by atoms with Gasteiger partial charge in [-0.3, -0.25) is 4.99 Å². The van der Waals surface area contributed by atoms with Gasteiger partial charge >= 0.3 is 0 Å². The molecule has 0 saturated carbocycles. The van der Waals surface area contributed by atoms with Gasteiger partial charge in [-0.15, -0.1) is 0 Å². The maximum atomic E-state index is 9.26. The SMILES string of the molecule is CCNC(=NCC(CCO)CC(C)C)NCCCN(C)Cc1ccccc1. The lowest BCUT2D eigenvalue weighted by atomic mass is 9.94. The van der Waals surface area contributed by atoms with Gasteiger partial charge in [0, 0.05) is 32.8 Å². The fourth-order valence-electron chi connectivity index (χ4n) is 3.22. The zero-order valence-corrected chi connectivity index (χ0v) is 17.7. The molecular formula is C22H40N4O. The number of nitrogens with one attached hydrogen (secondary N) is 2. The number of aliphatic hydroxyl groups excluding tert-OH is 1. The normalized spacial score (nSPS) is 13.2. The Labute approximate surface area is 166 Å². The first kappa shape index (κ1) is 23.4. The van der Waals surface area contributed by atoms with Gasteiger partial charge < -0.3 is 20.6 Å². The topological polar surface area (TPSA) is 59.9 Å². The maximum Gasteiger partial charge on any atom is 0.191 e. The Hall–Kier alpha value is -1.59. The van der Waals surface area contributed by atoms with E-state index in [0.29, 0.717) is 11.8 Å². The summed E-state index contributed by atoms with van der Waals surface area (Å²) in [6.45, 7) is 11.3. The molecule has 5 heteroatoms. The molecule has 0 bridgehead atoms. The van der Waals surface area contributed by atoms with Crippen molar-refractivity contribution in [3.63, 3.8) is 0 Å². The average Bonchev–Trinajstić information content (AvgIpc) is 2.63. The monoisotopic (exact) mass is 376 g/mol. The van der Waals surface area contributed by atoms with Crippen molar-refractivity contribution in [2.45, 2.75) is 46.6 Å². The van der Waals surface area contributed by atoms with Gasteiger partial charge in [0.05, 0.1) is 0 Å². The minimum atomic E-state index is 0.241. The molecule has 1 unspecified atom stereocenters. The highest BCUT2D eigenvalue weighted by molar-refractivity contribution is 5.79. The van der Waals surface area contributed by atoms with Crippen molar-refractivity contribution < 1.29 is 5.11 Å². The first-order valence-electron chi connectivity index (χ1n) is 10.4. The van der Waals surface area contributed by atoms with Gasteiger partial charge in [-0.2, -0.15) is 0 Å². The summed E-state index contributed by atoms with van der Waals surface area (Å²) in [4.78, 5) is 7.09. The third kappa shape index (κ3) is 11.7. The molecule has 0 aliphatic heterocycles. The summed E-state index contributed by atoms with van der Waals surface area (Å²) in [6, 6.07) is 10.6. The molecule has 0 aliphatic rings. The van der Waals surface area contributed by atoms with Crippen LogP contribution < -0.4 is 10.6 Å². The predicted molar refractivity (Wildman–Crippen MR) is 116 cm³/mol. The highest BCUT2D eigenvalue weighted by Gasteiger charge is 2.10. The van der Waals surface area contributed by atoms with Gasteiger partial charge in [0.25, 0.3) is 0 Å². The van der Waals surface area contributed by atoms with Gasteiger partial charge in [0.2, 0.25) is 0 Å². The van der Waals surface area contributed by atoms with E-state index in [9.17, 15) is 5.11 Å². The van der Waals surface area contributed by atoms with E-state index in [-0.39, 0.29) is 6.61 Å². The summed E-state index contributed by atoms with van der Waals surface area (Å²) in [6.07, 6.45) is 3.00. The lowest BCUT2D eigenvalue weighted by Gasteiger charge is -2.19. The molecular weight excluding hydrogens is 336 g/mol. The van der Waals surface area contributed by atoms with Crippen LogP contribution in [0.3, 0.4) is 0 Å². The van der Waals surface area contributed by atoms with E-state index in [4.69, 9.17) is 4.99 Å². The summed E-state index contributed by atoms with van der Waals surface area (Å²) in [5.74, 6) is 1.96. The summed E-state index contributed by atoms with van der Waals surface area (Å²) < 4.78 is 0. The van der Waals surface area contributed by atoms with E-state index in [1.807, 2.05) is 0 Å². The quantitative estimate of drug-likeness (QED) is 0.281. The van der Waals surface area contributed by atoms with Crippen LogP contribution in [-0.2, 0) is 6.54 Å². The van der Waals surface area contributed by atoms with E-state index in [2.05, 4.69) is 73.7 Å². The van der Waals surface area contributed by atoms with Crippen molar-refractivity contribution in [1.29, 1.82) is 0 Å². The number of nitrogens with zero attached hydrogens (tertiary/aromatic N) is 2. The van der Waals surface area contributed by atoms with Gasteiger partial charge in [-0.1, -0.05) is 44.2 Å². The van der Waals surface area contributed by atoms with Crippen molar-refractivity contribution in [1.82, 2.24) is 15.5 Å². The molecule has 0 aromatic heterocycles. The number of hydrogen-bond donors (Lipinski definition) is 3. The van der Waals surface area contributed by atoms with Crippen LogP contribution in [0.1, 0.15) is 45.6 Å². The summed E-state index contributed by atoms with van der Waals surface area (Å²) in [5.41, 5.74) is 1.35. The van der Waals surface area contributed by atoms with E-state index in [1.54, 1.807) is 0 Å². The second-order valence-electron chi connectivity index (χ2n) is 7.73. The van der Waals surface area contributed by atoms with Crippen molar-refractivity contribution >= 4 is 5.96 Å². The van der Waals surface area contributed by atoms with Crippen LogP contribution in [0, 0.1) is 11.8 Å². The number of aliphatic imine (C=N–C) groups is 1. The first-order valence-corrected chi connectivity index (χ1v) is 10.4. The highest BCUT2D eigenvalue weighted by atomic mass is 16.3. The van der Waals surface area contributed by atoms with Crippen LogP contribution in [0.25, 0.3) is 0 Å². The first-order chi connectivity index (χ1) is 13.0. The second-order valence-corrected chi connectivity index (χ2v) is 7.73. The van der Waals surface area contributed by atoms with Crippen LogP contribution in [-0.4, -0.2) is 55.8 Å². The van der Waals surface area contributed by atoms with Crippen molar-refractivity contribution in [3.05, 3.63) is 35.9 Å². The number of aliphatic hydroxyl groups is 1. The lowest BCUT2D eigenvalue weighted by Crippen LogP contribution is -2.39. The number of benzene rings is 1. The van der Waals surface area contributed by atoms with E-state index in [0.717, 1.165) is 57.9 Å². The van der Waals surface area contributed by atoms with Gasteiger partial charge in [-0.05, 0) is 57.2 Å². The highest BCUT2D eigenvalue weighted by Crippen LogP contribution is 2.15. The third-order valence-electron chi connectivity index (χ3n) is 4.50. The molecule has 0 amide bonds. The number of rotatable bonds is 13. The maximum absolute atomic E-state index is 9.26. The molecule has 1 atom stereocenters. The summed E-state index contributed by atoms with van der Waals surface area (Å²) >= 11 is 0. The fraction of sp³-hybridized carbons (Fsp3) is 0.682. The molecule has 0 saturated heterocycles.